The van der Waals surface area contributed by atoms with Gasteiger partial charge in [0.15, 0.2) is 0 Å². The van der Waals surface area contributed by atoms with Crippen molar-refractivity contribution in [2.24, 2.45) is 0 Å². The van der Waals surface area contributed by atoms with Gasteiger partial charge in [0.2, 0.25) is 0 Å². The highest BCUT2D eigenvalue weighted by molar-refractivity contribution is 6.27. The van der Waals surface area contributed by atoms with Crippen molar-refractivity contribution in [2.45, 2.75) is 0 Å². The van der Waals surface area contributed by atoms with Crippen molar-refractivity contribution in [1.82, 2.24) is 0 Å². The van der Waals surface area contributed by atoms with Crippen LogP contribution in [0.4, 0.5) is 0 Å². The minimum atomic E-state index is -0.927. The SMILES string of the molecule is [2H]c1cc(-c2c3c([2H])c([2H])c([2H])c([2H])c3c(-c3c([2H])c([2H])c([2H])c4c([2H])c([2H])c([2H])c([2H])c34)c3c([2H])c([2H])c([2H])c([2H])c23)c2c(oc3c([2H])c(-c4c([2H])c([2H])c([2H])c([2H])c4[2H])c([2H])c([2H])c32)c1[2H]. The van der Waals surface area contributed by atoms with Crippen LogP contribution in [0, 0.1) is 0 Å². The van der Waals surface area contributed by atoms with E-state index in [-0.39, 0.29) is 5.39 Å². The molecule has 0 aliphatic carbocycles. The van der Waals surface area contributed by atoms with Crippen molar-refractivity contribution < 1.29 is 38.7 Å². The van der Waals surface area contributed by atoms with Crippen LogP contribution in [0.2, 0.25) is 0 Å². The van der Waals surface area contributed by atoms with Crippen LogP contribution >= 0.6 is 0 Å². The zero-order chi connectivity index (χ0) is 50.1. The number of rotatable bonds is 3. The van der Waals surface area contributed by atoms with Crippen LogP contribution in [-0.4, -0.2) is 0 Å². The third-order valence-electron chi connectivity index (χ3n) is 7.09. The molecule has 0 spiro atoms. The molecule has 9 aromatic rings. The Hall–Kier alpha value is -5.66. The highest BCUT2D eigenvalue weighted by Gasteiger charge is 2.21. The molecule has 0 unspecified atom stereocenters. The summed E-state index contributed by atoms with van der Waals surface area (Å²) in [5.74, 6) is 0. The maximum absolute atomic E-state index is 9.45. The van der Waals surface area contributed by atoms with Gasteiger partial charge in [0.25, 0.3) is 0 Å². The van der Waals surface area contributed by atoms with E-state index in [9.17, 15) is 9.60 Å². The van der Waals surface area contributed by atoms with Gasteiger partial charge in [-0.1, -0.05) is 139 Å². The average molecular weight is 572 g/mol. The van der Waals surface area contributed by atoms with Crippen LogP contribution in [0.15, 0.2) is 162 Å². The first-order valence-electron chi connectivity index (χ1n) is 25.2. The zero-order valence-electron chi connectivity index (χ0n) is 46.5. The monoisotopic (exact) mass is 571 g/mol. The van der Waals surface area contributed by atoms with Crippen molar-refractivity contribution in [3.8, 4) is 33.4 Å². The quantitative estimate of drug-likeness (QED) is 0.192. The third-order valence-corrected chi connectivity index (χ3v) is 7.09. The Morgan fingerprint density at radius 3 is 1.72 bits per heavy atom. The van der Waals surface area contributed by atoms with Crippen LogP contribution in [-0.2, 0) is 0 Å². The van der Waals surface area contributed by atoms with Crippen LogP contribution in [0.25, 0.3) is 87.6 Å². The Morgan fingerprint density at radius 2 is 1.00 bits per heavy atom. The van der Waals surface area contributed by atoms with Gasteiger partial charge in [-0.2, -0.15) is 0 Å². The molecule has 1 heterocycles. The molecular weight excluding hydrogens is 520 g/mol. The first kappa shape index (κ1) is 9.97. The number of furan rings is 1. The van der Waals surface area contributed by atoms with E-state index in [2.05, 4.69) is 0 Å². The lowest BCUT2D eigenvalue weighted by atomic mass is 9.84. The maximum Gasteiger partial charge on any atom is 0.136 e. The normalized spacial score (nSPS) is 19.9. The lowest BCUT2D eigenvalue weighted by molar-refractivity contribution is 0.669. The molecule has 0 bridgehead atoms. The summed E-state index contributed by atoms with van der Waals surface area (Å²) >= 11 is 0. The first-order valence-corrected chi connectivity index (χ1v) is 12.7. The standard InChI is InChI=1S/C42H26O/c1-2-12-27(13-3-1)29-24-25-36-39(26-29)43-38-23-11-22-37(42(36)38)41-34-19-8-6-17-32(34)40(33-18-7-9-20-35(33)41)31-21-10-15-28-14-4-5-16-30(28)31/h1-26H/i1D,2D,3D,4D,5D,6D,7D,8D,9D,10D,11D,12D,13D,14D,15D,16D,17D,18D,19D,20D,21D,23D,24D,25D,26D. The molecule has 0 saturated carbocycles. The van der Waals surface area contributed by atoms with Crippen molar-refractivity contribution in [3.63, 3.8) is 0 Å². The third kappa shape index (κ3) is 3.65. The molecule has 0 saturated heterocycles. The predicted molar refractivity (Wildman–Crippen MR) is 183 cm³/mol. The van der Waals surface area contributed by atoms with E-state index in [1.807, 2.05) is 0 Å². The fourth-order valence-corrected chi connectivity index (χ4v) is 5.34. The summed E-state index contributed by atoms with van der Waals surface area (Å²) < 4.78 is 228. The van der Waals surface area contributed by atoms with E-state index in [0.29, 0.717) is 0 Å². The summed E-state index contributed by atoms with van der Waals surface area (Å²) in [6.07, 6.45) is 0. The molecule has 1 heteroatoms. The second-order valence-corrected chi connectivity index (χ2v) is 9.34. The summed E-state index contributed by atoms with van der Waals surface area (Å²) in [4.78, 5) is 0. The van der Waals surface area contributed by atoms with Crippen molar-refractivity contribution in [1.29, 1.82) is 0 Å². The van der Waals surface area contributed by atoms with E-state index in [0.717, 1.165) is 6.07 Å². The van der Waals surface area contributed by atoms with Gasteiger partial charge in [-0.15, -0.1) is 0 Å². The molecule has 0 amide bonds. The second-order valence-electron chi connectivity index (χ2n) is 9.34. The van der Waals surface area contributed by atoms with Crippen LogP contribution in [0.3, 0.4) is 0 Å². The van der Waals surface area contributed by atoms with Gasteiger partial charge >= 0.3 is 0 Å². The van der Waals surface area contributed by atoms with Crippen LogP contribution in [0.1, 0.15) is 34.3 Å². The van der Waals surface area contributed by atoms with Gasteiger partial charge < -0.3 is 4.42 Å². The van der Waals surface area contributed by atoms with Crippen LogP contribution in [0.5, 0.6) is 0 Å². The molecular formula is C42H26O. The summed E-state index contributed by atoms with van der Waals surface area (Å²) in [5, 5.41) is -4.45. The first-order chi connectivity index (χ1) is 31.7. The Labute approximate surface area is 284 Å². The average Bonchev–Trinajstić information content (AvgIpc) is 3.72. The number of benzene rings is 8. The minimum Gasteiger partial charge on any atom is -0.456 e. The Morgan fingerprint density at radius 1 is 0.395 bits per heavy atom. The molecule has 43 heavy (non-hydrogen) atoms. The molecule has 0 fully saturated rings. The molecule has 8 aromatic carbocycles. The van der Waals surface area contributed by atoms with Gasteiger partial charge in [-0.3, -0.25) is 0 Å². The zero-order valence-corrected chi connectivity index (χ0v) is 21.5. The Balaban J connectivity index is 1.62. The molecule has 9 rings (SSSR count). The molecule has 0 N–H and O–H groups in total. The van der Waals surface area contributed by atoms with E-state index >= 15 is 0 Å². The second kappa shape index (κ2) is 9.44. The van der Waals surface area contributed by atoms with Gasteiger partial charge in [0, 0.05) is 10.8 Å². The van der Waals surface area contributed by atoms with E-state index < -0.39 is 233 Å². The van der Waals surface area contributed by atoms with Crippen molar-refractivity contribution >= 4 is 54.3 Å². The summed E-state index contributed by atoms with van der Waals surface area (Å²) in [6, 6.07) is -20.3. The topological polar surface area (TPSA) is 13.1 Å². The highest BCUT2D eigenvalue weighted by atomic mass is 16.3. The van der Waals surface area contributed by atoms with Gasteiger partial charge in [0.05, 0.1) is 34.3 Å². The number of hydrogen-bond donors (Lipinski definition) is 0. The summed E-state index contributed by atoms with van der Waals surface area (Å²) in [6.45, 7) is 0. The maximum atomic E-state index is 9.45. The molecule has 200 valence electrons. The highest BCUT2D eigenvalue weighted by Crippen LogP contribution is 2.48. The lowest BCUT2D eigenvalue weighted by Gasteiger charge is -2.19. The molecule has 0 atom stereocenters. The number of hydrogen-bond acceptors (Lipinski definition) is 1. The molecule has 1 aromatic heterocycles. The van der Waals surface area contributed by atoms with Gasteiger partial charge in [-0.05, 0) is 83.8 Å². The van der Waals surface area contributed by atoms with Crippen molar-refractivity contribution in [2.75, 3.05) is 0 Å². The molecule has 0 aliphatic heterocycles. The van der Waals surface area contributed by atoms with Crippen molar-refractivity contribution in [3.05, 3.63) is 157 Å². The predicted octanol–water partition coefficient (Wildman–Crippen LogP) is 12.0. The number of fused-ring (bicyclic) bond motifs is 6. The smallest absolute Gasteiger partial charge is 0.136 e. The molecule has 0 aliphatic rings. The van der Waals surface area contributed by atoms with Gasteiger partial charge in [0.1, 0.15) is 11.2 Å². The largest absolute Gasteiger partial charge is 0.456 e. The van der Waals surface area contributed by atoms with Crippen LogP contribution < -0.4 is 0 Å². The Bertz CT molecular complexity index is 3790. The van der Waals surface area contributed by atoms with E-state index in [1.165, 1.54) is 0 Å². The fourth-order valence-electron chi connectivity index (χ4n) is 5.34. The fraction of sp³-hybridized carbons (Fsp3) is 0. The molecule has 0 radical (unpaired) electrons. The van der Waals surface area contributed by atoms with E-state index in [4.69, 9.17) is 29.1 Å². The lowest BCUT2D eigenvalue weighted by Crippen LogP contribution is -1.92. The van der Waals surface area contributed by atoms with E-state index in [1.54, 1.807) is 0 Å². The van der Waals surface area contributed by atoms with Gasteiger partial charge in [-0.25, -0.2) is 0 Å². The summed E-state index contributed by atoms with van der Waals surface area (Å²) in [7, 11) is 0. The molecule has 1 nitrogen and oxygen atoms in total. The minimum absolute atomic E-state index is 0.386. The summed E-state index contributed by atoms with van der Waals surface area (Å²) in [5.41, 5.74) is -4.62. The Kier molecular flexibility index (Phi) is 2.19.